The van der Waals surface area contributed by atoms with E-state index in [9.17, 15) is 18.1 Å². The van der Waals surface area contributed by atoms with Gasteiger partial charge in [-0.15, -0.1) is 0 Å². The second-order valence-electron chi connectivity index (χ2n) is 3.35. The van der Waals surface area contributed by atoms with E-state index in [0.717, 1.165) is 0 Å². The Bertz CT molecular complexity index is 237. The van der Waals surface area contributed by atoms with Gasteiger partial charge in [-0.05, 0) is 12.8 Å². The summed E-state index contributed by atoms with van der Waals surface area (Å²) in [4.78, 5) is 13.6. The van der Waals surface area contributed by atoms with E-state index in [0.29, 0.717) is 17.7 Å². The van der Waals surface area contributed by atoms with Gasteiger partial charge in [-0.3, -0.25) is 0 Å². The zero-order valence-corrected chi connectivity index (χ0v) is 8.21. The first-order valence-corrected chi connectivity index (χ1v) is 4.51. The lowest BCUT2D eigenvalue weighted by atomic mass is 10.1. The molecule has 1 fully saturated rings. The fourth-order valence-electron chi connectivity index (χ4n) is 1.56. The Hall–Kier alpha value is -0.820. The zero-order valence-electron chi connectivity index (χ0n) is 8.21. The predicted molar refractivity (Wildman–Crippen MR) is 43.8 cm³/mol. The molecule has 15 heavy (non-hydrogen) atoms. The first kappa shape index (κ1) is 12.3. The average molecular weight is 227 g/mol. The van der Waals surface area contributed by atoms with Crippen LogP contribution >= 0.6 is 0 Å². The maximum absolute atomic E-state index is 13.2. The zero-order chi connectivity index (χ0) is 11.5. The molecule has 0 aromatic rings. The van der Waals surface area contributed by atoms with Crippen molar-refractivity contribution < 1.29 is 27.8 Å². The lowest BCUT2D eigenvalue weighted by Gasteiger charge is -2.34. The minimum absolute atomic E-state index is 0.0158. The Morgan fingerprint density at radius 3 is 2.73 bits per heavy atom. The summed E-state index contributed by atoms with van der Waals surface area (Å²) in [5, 5.41) is 0. The number of hydrogen-bond acceptors (Lipinski definition) is 4. The third kappa shape index (κ3) is 2.60. The molecule has 1 atom stereocenters. The van der Waals surface area contributed by atoms with Crippen LogP contribution in [0.15, 0.2) is 0 Å². The largest absolute Gasteiger partial charge is 0.434 e. The van der Waals surface area contributed by atoms with Crippen molar-refractivity contribution in [1.82, 2.24) is 4.90 Å². The summed E-state index contributed by atoms with van der Waals surface area (Å²) in [6.45, 7) is -0.0967. The van der Waals surface area contributed by atoms with Crippen molar-refractivity contribution in [2.75, 3.05) is 20.2 Å². The average Bonchev–Trinajstić information content (AvgIpc) is 2.27. The number of alkyl halides is 2. The number of rotatable bonds is 3. The highest BCUT2D eigenvalue weighted by molar-refractivity contribution is 5.76. The molecular formula is C8H12F3NO3. The number of piperidine rings is 1. The molecule has 88 valence electrons. The van der Waals surface area contributed by atoms with Crippen molar-refractivity contribution in [3.05, 3.63) is 0 Å². The number of carbonyl (C=O) groups is 1. The number of hydrogen-bond donors (Lipinski definition) is 0. The summed E-state index contributed by atoms with van der Waals surface area (Å²) in [6.07, 6.45) is 0.749. The molecule has 1 aliphatic rings. The second-order valence-corrected chi connectivity index (χ2v) is 3.35. The summed E-state index contributed by atoms with van der Waals surface area (Å²) in [7, 11) is 1.40. The van der Waals surface area contributed by atoms with Crippen LogP contribution in [-0.4, -0.2) is 43.2 Å². The van der Waals surface area contributed by atoms with Gasteiger partial charge in [0.2, 0.25) is 0 Å². The Morgan fingerprint density at radius 1 is 1.53 bits per heavy atom. The van der Waals surface area contributed by atoms with E-state index in [1.54, 1.807) is 0 Å². The van der Waals surface area contributed by atoms with Crippen molar-refractivity contribution in [2.24, 2.45) is 0 Å². The van der Waals surface area contributed by atoms with Gasteiger partial charge in [-0.1, -0.05) is 0 Å². The van der Waals surface area contributed by atoms with Gasteiger partial charge in [-0.2, -0.15) is 8.78 Å². The van der Waals surface area contributed by atoms with Gasteiger partial charge in [0.05, 0.1) is 6.10 Å². The molecule has 0 N–H and O–H groups in total. The van der Waals surface area contributed by atoms with E-state index < -0.39 is 12.0 Å². The quantitative estimate of drug-likeness (QED) is 0.677. The molecule has 0 spiro atoms. The number of nitrogens with zero attached hydrogens (tertiary/aromatic N) is 1. The van der Waals surface area contributed by atoms with Gasteiger partial charge in [0.25, 0.3) is 0 Å². The monoisotopic (exact) mass is 227 g/mol. The lowest BCUT2D eigenvalue weighted by Crippen LogP contribution is -2.53. The van der Waals surface area contributed by atoms with Gasteiger partial charge in [-0.25, -0.2) is 14.6 Å². The molecule has 1 saturated heterocycles. The molecule has 1 rings (SSSR count). The molecule has 0 radical (unpaired) electrons. The Kier molecular flexibility index (Phi) is 3.92. The minimum atomic E-state index is -3.92. The summed E-state index contributed by atoms with van der Waals surface area (Å²) >= 11 is 0. The maximum Gasteiger partial charge on any atom is 0.434 e. The highest BCUT2D eigenvalue weighted by Crippen LogP contribution is 2.26. The van der Waals surface area contributed by atoms with Crippen LogP contribution in [0.1, 0.15) is 12.8 Å². The molecule has 0 aromatic heterocycles. The number of carbonyl (C=O) groups excluding carboxylic acids is 1. The van der Waals surface area contributed by atoms with E-state index in [1.165, 1.54) is 7.11 Å². The normalized spacial score (nSPS) is 23.9. The van der Waals surface area contributed by atoms with Gasteiger partial charge in [0.1, 0.15) is 0 Å². The predicted octanol–water partition coefficient (Wildman–Crippen LogP) is 1.12. The van der Waals surface area contributed by atoms with Crippen LogP contribution in [0, 0.1) is 0 Å². The minimum Gasteiger partial charge on any atom is -0.380 e. The van der Waals surface area contributed by atoms with E-state index in [4.69, 9.17) is 4.74 Å². The summed E-state index contributed by atoms with van der Waals surface area (Å²) in [5.41, 5.74) is 0. The van der Waals surface area contributed by atoms with Crippen LogP contribution < -0.4 is 0 Å². The molecule has 0 bridgehead atoms. The second kappa shape index (κ2) is 4.80. The number of ether oxygens (including phenoxy) is 1. The summed E-state index contributed by atoms with van der Waals surface area (Å²) in [6, 6.07) is -3.92. The van der Waals surface area contributed by atoms with E-state index in [2.05, 4.69) is 4.94 Å². The van der Waals surface area contributed by atoms with Gasteiger partial charge >= 0.3 is 12.0 Å². The molecule has 1 heterocycles. The van der Waals surface area contributed by atoms with Crippen LogP contribution in [0.5, 0.6) is 0 Å². The molecule has 0 amide bonds. The first-order valence-electron chi connectivity index (χ1n) is 4.51. The van der Waals surface area contributed by atoms with Crippen LogP contribution in [0.25, 0.3) is 0 Å². The van der Waals surface area contributed by atoms with E-state index >= 15 is 0 Å². The van der Waals surface area contributed by atoms with Crippen molar-refractivity contribution in [3.8, 4) is 0 Å². The van der Waals surface area contributed by atoms with Gasteiger partial charge in [0.15, 0.2) is 0 Å². The number of halogens is 3. The summed E-state index contributed by atoms with van der Waals surface area (Å²) in [5.74, 6) is -2.18. The fraction of sp³-hybridized carbons (Fsp3) is 0.875. The van der Waals surface area contributed by atoms with Crippen LogP contribution in [0.2, 0.25) is 0 Å². The van der Waals surface area contributed by atoms with Crippen LogP contribution in [0.4, 0.5) is 13.3 Å². The summed E-state index contributed by atoms with van der Waals surface area (Å²) < 4.78 is 42.7. The molecule has 0 saturated carbocycles. The van der Waals surface area contributed by atoms with Crippen molar-refractivity contribution in [3.63, 3.8) is 0 Å². The van der Waals surface area contributed by atoms with Gasteiger partial charge < -0.3 is 4.74 Å². The van der Waals surface area contributed by atoms with Crippen molar-refractivity contribution >= 4 is 5.97 Å². The molecule has 0 aromatic carbocycles. The standard InChI is InChI=1S/C8H12F3NO3/c1-14-6-3-2-4-12(5-6)8(9,10)7(13)15-11/h6H,2-5H2,1H3. The van der Waals surface area contributed by atoms with Crippen molar-refractivity contribution in [2.45, 2.75) is 25.0 Å². The topological polar surface area (TPSA) is 38.8 Å². The van der Waals surface area contributed by atoms with Gasteiger partial charge in [0, 0.05) is 24.7 Å². The molecule has 1 unspecified atom stereocenters. The maximum atomic E-state index is 13.2. The third-order valence-corrected chi connectivity index (χ3v) is 2.42. The SMILES string of the molecule is COC1CCCN(C(F)(F)C(=O)OF)C1. The number of methoxy groups -OCH3 is 1. The van der Waals surface area contributed by atoms with E-state index in [1.807, 2.05) is 0 Å². The highest BCUT2D eigenvalue weighted by atomic mass is 19.3. The van der Waals surface area contributed by atoms with Crippen molar-refractivity contribution in [1.29, 1.82) is 0 Å². The molecule has 7 heteroatoms. The first-order chi connectivity index (χ1) is 7.02. The number of likely N-dealkylation sites (tertiary alicyclic amines) is 1. The Labute approximate surface area is 84.8 Å². The molecular weight excluding hydrogens is 215 g/mol. The molecule has 1 aliphatic heterocycles. The third-order valence-electron chi connectivity index (χ3n) is 2.42. The van der Waals surface area contributed by atoms with Crippen LogP contribution in [0.3, 0.4) is 0 Å². The van der Waals surface area contributed by atoms with Crippen LogP contribution in [-0.2, 0) is 14.5 Å². The van der Waals surface area contributed by atoms with E-state index in [-0.39, 0.29) is 19.2 Å². The smallest absolute Gasteiger partial charge is 0.380 e. The lowest BCUT2D eigenvalue weighted by molar-refractivity contribution is -0.241. The Morgan fingerprint density at radius 2 is 2.20 bits per heavy atom. The highest BCUT2D eigenvalue weighted by Gasteiger charge is 2.49. The molecule has 4 nitrogen and oxygen atoms in total. The Balaban J connectivity index is 2.65. The molecule has 0 aliphatic carbocycles. The fourth-order valence-corrected chi connectivity index (χ4v) is 1.56.